The zero-order valence-corrected chi connectivity index (χ0v) is 9.68. The van der Waals surface area contributed by atoms with Crippen molar-refractivity contribution >= 4 is 17.0 Å². The quantitative estimate of drug-likeness (QED) is 0.879. The van der Waals surface area contributed by atoms with Crippen molar-refractivity contribution in [1.82, 2.24) is 0 Å². The van der Waals surface area contributed by atoms with Gasteiger partial charge in [0.25, 0.3) is 0 Å². The van der Waals surface area contributed by atoms with Gasteiger partial charge in [0.2, 0.25) is 0 Å². The minimum Gasteiger partial charge on any atom is -0.386 e. The fourth-order valence-corrected chi connectivity index (χ4v) is 2.07. The van der Waals surface area contributed by atoms with Gasteiger partial charge in [-0.1, -0.05) is 0 Å². The molecule has 1 unspecified atom stereocenters. The SMILES string of the molecule is OC(CNc1ccsc1)c1cc(F)ccc1F. The van der Waals surface area contributed by atoms with Gasteiger partial charge in [-0.2, -0.15) is 11.3 Å². The largest absolute Gasteiger partial charge is 0.386 e. The van der Waals surface area contributed by atoms with E-state index in [1.54, 1.807) is 0 Å². The van der Waals surface area contributed by atoms with Crippen LogP contribution in [0.2, 0.25) is 0 Å². The standard InChI is InChI=1S/C12H11F2NOS/c13-8-1-2-11(14)10(5-8)12(16)6-15-9-3-4-17-7-9/h1-5,7,12,15-16H,6H2. The van der Waals surface area contributed by atoms with E-state index in [1.165, 1.54) is 11.3 Å². The zero-order valence-electron chi connectivity index (χ0n) is 8.86. The van der Waals surface area contributed by atoms with E-state index in [1.807, 2.05) is 16.8 Å². The van der Waals surface area contributed by atoms with E-state index >= 15 is 0 Å². The Bertz CT molecular complexity index is 487. The lowest BCUT2D eigenvalue weighted by molar-refractivity contribution is 0.186. The van der Waals surface area contributed by atoms with Gasteiger partial charge >= 0.3 is 0 Å². The molecule has 0 spiro atoms. The van der Waals surface area contributed by atoms with Crippen molar-refractivity contribution in [2.24, 2.45) is 0 Å². The molecule has 0 bridgehead atoms. The lowest BCUT2D eigenvalue weighted by Crippen LogP contribution is -2.13. The van der Waals surface area contributed by atoms with Gasteiger partial charge in [-0.3, -0.25) is 0 Å². The summed E-state index contributed by atoms with van der Waals surface area (Å²) in [6.07, 6.45) is -1.08. The molecule has 2 N–H and O–H groups in total. The van der Waals surface area contributed by atoms with Crippen LogP contribution in [0.25, 0.3) is 0 Å². The summed E-state index contributed by atoms with van der Waals surface area (Å²) in [5, 5.41) is 16.5. The summed E-state index contributed by atoms with van der Waals surface area (Å²) < 4.78 is 26.3. The van der Waals surface area contributed by atoms with Crippen LogP contribution in [0.4, 0.5) is 14.5 Å². The van der Waals surface area contributed by atoms with E-state index in [0.717, 1.165) is 23.9 Å². The Hall–Kier alpha value is -1.46. The van der Waals surface area contributed by atoms with Gasteiger partial charge in [0.1, 0.15) is 11.6 Å². The summed E-state index contributed by atoms with van der Waals surface area (Å²) >= 11 is 1.51. The molecule has 0 saturated carbocycles. The third-order valence-corrected chi connectivity index (χ3v) is 3.02. The number of benzene rings is 1. The molecule has 0 aliphatic rings. The highest BCUT2D eigenvalue weighted by Gasteiger charge is 2.13. The number of thiophene rings is 1. The third kappa shape index (κ3) is 3.01. The predicted molar refractivity (Wildman–Crippen MR) is 64.1 cm³/mol. The maximum Gasteiger partial charge on any atom is 0.129 e. The number of aliphatic hydroxyl groups is 1. The van der Waals surface area contributed by atoms with Gasteiger partial charge in [-0.15, -0.1) is 0 Å². The summed E-state index contributed by atoms with van der Waals surface area (Å²) in [4.78, 5) is 0. The maximum atomic E-state index is 13.3. The second kappa shape index (κ2) is 5.25. The Labute approximate surface area is 102 Å². The molecule has 1 aromatic heterocycles. The van der Waals surface area contributed by atoms with E-state index in [0.29, 0.717) is 0 Å². The topological polar surface area (TPSA) is 32.3 Å². The number of rotatable bonds is 4. The first-order chi connectivity index (χ1) is 8.16. The van der Waals surface area contributed by atoms with Crippen molar-refractivity contribution in [3.05, 3.63) is 52.2 Å². The first-order valence-electron chi connectivity index (χ1n) is 5.06. The molecule has 2 aromatic rings. The van der Waals surface area contributed by atoms with E-state index in [4.69, 9.17) is 0 Å². The van der Waals surface area contributed by atoms with Crippen molar-refractivity contribution in [3.63, 3.8) is 0 Å². The van der Waals surface area contributed by atoms with Crippen molar-refractivity contribution in [3.8, 4) is 0 Å². The van der Waals surface area contributed by atoms with E-state index in [-0.39, 0.29) is 12.1 Å². The maximum absolute atomic E-state index is 13.3. The molecule has 2 nitrogen and oxygen atoms in total. The molecule has 0 fully saturated rings. The summed E-state index contributed by atoms with van der Waals surface area (Å²) in [5.74, 6) is -1.16. The van der Waals surface area contributed by atoms with Crippen LogP contribution < -0.4 is 5.32 Å². The van der Waals surface area contributed by atoms with Gasteiger partial charge in [0.05, 0.1) is 6.10 Å². The number of hydrogen-bond acceptors (Lipinski definition) is 3. The number of nitrogens with one attached hydrogen (secondary N) is 1. The number of hydrogen-bond donors (Lipinski definition) is 2. The monoisotopic (exact) mass is 255 g/mol. The second-order valence-electron chi connectivity index (χ2n) is 3.57. The van der Waals surface area contributed by atoms with Gasteiger partial charge in [0.15, 0.2) is 0 Å². The first kappa shape index (κ1) is 12.0. The molecule has 1 aromatic carbocycles. The fourth-order valence-electron chi connectivity index (χ4n) is 1.46. The number of halogens is 2. The Kier molecular flexibility index (Phi) is 3.71. The molecule has 5 heteroatoms. The molecule has 0 aliphatic heterocycles. The molecular formula is C12H11F2NOS. The highest BCUT2D eigenvalue weighted by atomic mass is 32.1. The van der Waals surface area contributed by atoms with Crippen LogP contribution in [0.15, 0.2) is 35.0 Å². The molecule has 1 heterocycles. The fraction of sp³-hybridized carbons (Fsp3) is 0.167. The van der Waals surface area contributed by atoms with Crippen LogP contribution in [0.5, 0.6) is 0 Å². The van der Waals surface area contributed by atoms with Gasteiger partial charge < -0.3 is 10.4 Å². The van der Waals surface area contributed by atoms with Crippen molar-refractivity contribution in [2.75, 3.05) is 11.9 Å². The third-order valence-electron chi connectivity index (χ3n) is 2.34. The predicted octanol–water partition coefficient (Wildman–Crippen LogP) is 3.17. The Morgan fingerprint density at radius 3 is 2.82 bits per heavy atom. The summed E-state index contributed by atoms with van der Waals surface area (Å²) in [7, 11) is 0. The van der Waals surface area contributed by atoms with Gasteiger partial charge in [0, 0.05) is 23.2 Å². The summed E-state index contributed by atoms with van der Waals surface area (Å²) in [6, 6.07) is 4.89. The van der Waals surface area contributed by atoms with Crippen molar-refractivity contribution in [2.45, 2.75) is 6.10 Å². The van der Waals surface area contributed by atoms with Gasteiger partial charge in [-0.05, 0) is 29.6 Å². The average Bonchev–Trinajstić information content (AvgIpc) is 2.82. The second-order valence-corrected chi connectivity index (χ2v) is 4.35. The first-order valence-corrected chi connectivity index (χ1v) is 6.00. The van der Waals surface area contributed by atoms with Gasteiger partial charge in [-0.25, -0.2) is 8.78 Å². The Balaban J connectivity index is 2.04. The van der Waals surface area contributed by atoms with E-state index in [2.05, 4.69) is 5.32 Å². The Morgan fingerprint density at radius 1 is 1.29 bits per heavy atom. The number of aliphatic hydroxyl groups excluding tert-OH is 1. The summed E-state index contributed by atoms with van der Waals surface area (Å²) in [6.45, 7) is 0.136. The average molecular weight is 255 g/mol. The molecule has 90 valence electrons. The molecule has 1 atom stereocenters. The highest BCUT2D eigenvalue weighted by molar-refractivity contribution is 7.08. The molecule has 0 saturated heterocycles. The molecule has 0 amide bonds. The van der Waals surface area contributed by atoms with Crippen LogP contribution in [0.3, 0.4) is 0 Å². The van der Waals surface area contributed by atoms with Crippen molar-refractivity contribution < 1.29 is 13.9 Å². The summed E-state index contributed by atoms with van der Waals surface area (Å²) in [5.41, 5.74) is 0.818. The van der Waals surface area contributed by atoms with Crippen LogP contribution >= 0.6 is 11.3 Å². The Morgan fingerprint density at radius 2 is 2.12 bits per heavy atom. The molecular weight excluding hydrogens is 244 g/mol. The lowest BCUT2D eigenvalue weighted by atomic mass is 10.1. The van der Waals surface area contributed by atoms with Crippen LogP contribution in [-0.2, 0) is 0 Å². The normalized spacial score (nSPS) is 12.4. The van der Waals surface area contributed by atoms with Crippen molar-refractivity contribution in [1.29, 1.82) is 0 Å². The molecule has 2 rings (SSSR count). The smallest absolute Gasteiger partial charge is 0.129 e. The molecule has 17 heavy (non-hydrogen) atoms. The van der Waals surface area contributed by atoms with Crippen LogP contribution in [0.1, 0.15) is 11.7 Å². The molecule has 0 radical (unpaired) electrons. The van der Waals surface area contributed by atoms with Crippen LogP contribution in [0, 0.1) is 11.6 Å². The molecule has 0 aliphatic carbocycles. The zero-order chi connectivity index (χ0) is 12.3. The van der Waals surface area contributed by atoms with E-state index < -0.39 is 17.7 Å². The minimum absolute atomic E-state index is 0.0345. The van der Waals surface area contributed by atoms with Crippen LogP contribution in [-0.4, -0.2) is 11.7 Å². The lowest BCUT2D eigenvalue weighted by Gasteiger charge is -2.13. The highest BCUT2D eigenvalue weighted by Crippen LogP contribution is 2.20. The van der Waals surface area contributed by atoms with E-state index in [9.17, 15) is 13.9 Å². The minimum atomic E-state index is -1.08. The number of anilines is 1.